The van der Waals surface area contributed by atoms with Gasteiger partial charge in [-0.25, -0.2) is 0 Å². The second-order valence-electron chi connectivity index (χ2n) is 5.54. The van der Waals surface area contributed by atoms with Gasteiger partial charge in [0.05, 0.1) is 12.1 Å². The van der Waals surface area contributed by atoms with E-state index in [0.29, 0.717) is 4.84 Å². The fourth-order valence-electron chi connectivity index (χ4n) is 2.76. The van der Waals surface area contributed by atoms with Gasteiger partial charge in [-0.15, -0.1) is 0 Å². The Hall–Kier alpha value is -1.87. The summed E-state index contributed by atoms with van der Waals surface area (Å²) in [6.45, 7) is 7.18. The highest BCUT2D eigenvalue weighted by Gasteiger charge is 2.08. The highest BCUT2D eigenvalue weighted by atomic mass is 32.1. The molecule has 21 heavy (non-hydrogen) atoms. The lowest BCUT2D eigenvalue weighted by molar-refractivity contribution is 0.548. The molecule has 1 heterocycles. The van der Waals surface area contributed by atoms with Crippen molar-refractivity contribution in [1.29, 1.82) is 0 Å². The van der Waals surface area contributed by atoms with Crippen molar-refractivity contribution < 1.29 is 4.42 Å². The van der Waals surface area contributed by atoms with Crippen LogP contribution in [0.15, 0.2) is 40.8 Å². The molecule has 0 amide bonds. The second-order valence-corrected chi connectivity index (χ2v) is 5.89. The SMILES string of the molecule is CCc1ccc(Cn2c(=S)oc3ccc(C)cc32)cc1C. The molecule has 0 N–H and O–H groups in total. The summed E-state index contributed by atoms with van der Waals surface area (Å²) in [5, 5.41) is 0. The first-order valence-electron chi connectivity index (χ1n) is 7.27. The average molecular weight is 297 g/mol. The normalized spacial score (nSPS) is 11.2. The van der Waals surface area contributed by atoms with Crippen LogP contribution >= 0.6 is 12.2 Å². The number of hydrogen-bond acceptors (Lipinski definition) is 2. The summed E-state index contributed by atoms with van der Waals surface area (Å²) < 4.78 is 7.75. The molecular weight excluding hydrogens is 278 g/mol. The molecule has 1 aromatic heterocycles. The maximum Gasteiger partial charge on any atom is 0.269 e. The van der Waals surface area contributed by atoms with Crippen LogP contribution in [0.25, 0.3) is 11.1 Å². The van der Waals surface area contributed by atoms with Crippen molar-refractivity contribution in [2.75, 3.05) is 0 Å². The molecule has 0 saturated carbocycles. The Morgan fingerprint density at radius 3 is 2.62 bits per heavy atom. The van der Waals surface area contributed by atoms with Gasteiger partial charge in [-0.2, -0.15) is 0 Å². The zero-order valence-electron chi connectivity index (χ0n) is 12.6. The van der Waals surface area contributed by atoms with Crippen LogP contribution in [0, 0.1) is 18.7 Å². The highest BCUT2D eigenvalue weighted by molar-refractivity contribution is 7.71. The average Bonchev–Trinajstić information content (AvgIpc) is 2.75. The minimum absolute atomic E-state index is 0.535. The van der Waals surface area contributed by atoms with Gasteiger partial charge in [0.2, 0.25) is 0 Å². The van der Waals surface area contributed by atoms with E-state index in [0.717, 1.165) is 24.1 Å². The molecule has 0 radical (unpaired) electrons. The molecule has 2 aromatic carbocycles. The molecule has 3 aromatic rings. The Morgan fingerprint density at radius 2 is 1.90 bits per heavy atom. The van der Waals surface area contributed by atoms with Gasteiger partial charge in [-0.05, 0) is 66.9 Å². The Morgan fingerprint density at radius 1 is 1.10 bits per heavy atom. The Kier molecular flexibility index (Phi) is 3.68. The zero-order valence-corrected chi connectivity index (χ0v) is 13.5. The molecular formula is C18H19NOS. The summed E-state index contributed by atoms with van der Waals surface area (Å²) in [5.74, 6) is 0. The van der Waals surface area contributed by atoms with Crippen molar-refractivity contribution >= 4 is 23.3 Å². The third-order valence-electron chi connectivity index (χ3n) is 3.95. The molecule has 0 bridgehead atoms. The lowest BCUT2D eigenvalue weighted by atomic mass is 10.0. The van der Waals surface area contributed by atoms with E-state index < -0.39 is 0 Å². The number of nitrogens with zero attached hydrogens (tertiary/aromatic N) is 1. The quantitative estimate of drug-likeness (QED) is 0.619. The van der Waals surface area contributed by atoms with Gasteiger partial charge in [0, 0.05) is 0 Å². The first kappa shape index (κ1) is 14.1. The maximum absolute atomic E-state index is 5.68. The third kappa shape index (κ3) is 2.66. The molecule has 0 fully saturated rings. The van der Waals surface area contributed by atoms with Gasteiger partial charge in [0.15, 0.2) is 5.58 Å². The third-order valence-corrected chi connectivity index (χ3v) is 4.26. The molecule has 0 aliphatic rings. The van der Waals surface area contributed by atoms with Gasteiger partial charge < -0.3 is 4.42 Å². The van der Waals surface area contributed by atoms with Crippen LogP contribution in [0.4, 0.5) is 0 Å². The van der Waals surface area contributed by atoms with Crippen LogP contribution in [0.3, 0.4) is 0 Å². The first-order valence-corrected chi connectivity index (χ1v) is 7.67. The van der Waals surface area contributed by atoms with Gasteiger partial charge >= 0.3 is 0 Å². The summed E-state index contributed by atoms with van der Waals surface area (Å²) in [4.78, 5) is 0.535. The van der Waals surface area contributed by atoms with E-state index in [1.165, 1.54) is 22.3 Å². The maximum atomic E-state index is 5.68. The van der Waals surface area contributed by atoms with E-state index in [9.17, 15) is 0 Å². The number of rotatable bonds is 3. The van der Waals surface area contributed by atoms with Crippen molar-refractivity contribution in [2.45, 2.75) is 33.7 Å². The van der Waals surface area contributed by atoms with Gasteiger partial charge in [0.25, 0.3) is 4.84 Å². The van der Waals surface area contributed by atoms with Gasteiger partial charge in [-0.3, -0.25) is 4.57 Å². The summed E-state index contributed by atoms with van der Waals surface area (Å²) >= 11 is 5.37. The van der Waals surface area contributed by atoms with Crippen molar-refractivity contribution in [1.82, 2.24) is 4.57 Å². The van der Waals surface area contributed by atoms with Crippen LogP contribution in [-0.2, 0) is 13.0 Å². The van der Waals surface area contributed by atoms with E-state index in [4.69, 9.17) is 16.6 Å². The van der Waals surface area contributed by atoms with Crippen LogP contribution < -0.4 is 0 Å². The number of oxazole rings is 1. The zero-order chi connectivity index (χ0) is 15.0. The Labute approximate surface area is 130 Å². The number of fused-ring (bicyclic) bond motifs is 1. The van der Waals surface area contributed by atoms with E-state index >= 15 is 0 Å². The predicted molar refractivity (Wildman–Crippen MR) is 89.4 cm³/mol. The number of benzene rings is 2. The largest absolute Gasteiger partial charge is 0.429 e. The Bertz CT molecular complexity index is 857. The number of hydrogen-bond donors (Lipinski definition) is 0. The fourth-order valence-corrected chi connectivity index (χ4v) is 3.01. The molecule has 3 rings (SSSR count). The topological polar surface area (TPSA) is 18.1 Å². The van der Waals surface area contributed by atoms with E-state index in [-0.39, 0.29) is 0 Å². The molecule has 0 saturated heterocycles. The molecule has 0 unspecified atom stereocenters. The van der Waals surface area contributed by atoms with E-state index in [1.807, 2.05) is 12.1 Å². The molecule has 2 nitrogen and oxygen atoms in total. The van der Waals surface area contributed by atoms with E-state index in [2.05, 4.69) is 49.6 Å². The van der Waals surface area contributed by atoms with Crippen LogP contribution in [0.5, 0.6) is 0 Å². The minimum atomic E-state index is 0.535. The van der Waals surface area contributed by atoms with Crippen LogP contribution in [0.1, 0.15) is 29.2 Å². The summed E-state index contributed by atoms with van der Waals surface area (Å²) in [6, 6.07) is 12.8. The van der Waals surface area contributed by atoms with Gasteiger partial charge in [-0.1, -0.05) is 31.2 Å². The summed E-state index contributed by atoms with van der Waals surface area (Å²) in [5.41, 5.74) is 7.13. The second kappa shape index (κ2) is 5.49. The molecule has 3 heteroatoms. The molecule has 0 aliphatic carbocycles. The van der Waals surface area contributed by atoms with Crippen molar-refractivity contribution in [2.24, 2.45) is 0 Å². The van der Waals surface area contributed by atoms with Crippen LogP contribution in [-0.4, -0.2) is 4.57 Å². The smallest absolute Gasteiger partial charge is 0.269 e. The lowest BCUT2D eigenvalue weighted by Crippen LogP contribution is -2.00. The fraction of sp³-hybridized carbons (Fsp3) is 0.278. The highest BCUT2D eigenvalue weighted by Crippen LogP contribution is 2.21. The lowest BCUT2D eigenvalue weighted by Gasteiger charge is -2.08. The standard InChI is InChI=1S/C18H19NOS/c1-4-15-7-6-14(10-13(15)3)11-19-16-9-12(2)5-8-17(16)20-18(19)21/h5-10H,4,11H2,1-3H3. The predicted octanol–water partition coefficient (Wildman–Crippen LogP) is 5.19. The van der Waals surface area contributed by atoms with E-state index in [1.54, 1.807) is 0 Å². The molecule has 108 valence electrons. The van der Waals surface area contributed by atoms with Crippen molar-refractivity contribution in [3.63, 3.8) is 0 Å². The van der Waals surface area contributed by atoms with Crippen molar-refractivity contribution in [3.8, 4) is 0 Å². The Balaban J connectivity index is 2.05. The minimum Gasteiger partial charge on any atom is -0.429 e. The number of aromatic nitrogens is 1. The van der Waals surface area contributed by atoms with Gasteiger partial charge in [0.1, 0.15) is 0 Å². The summed E-state index contributed by atoms with van der Waals surface area (Å²) in [7, 11) is 0. The summed E-state index contributed by atoms with van der Waals surface area (Å²) in [6.07, 6.45) is 1.07. The molecule has 0 aliphatic heterocycles. The first-order chi connectivity index (χ1) is 10.1. The van der Waals surface area contributed by atoms with Crippen LogP contribution in [0.2, 0.25) is 0 Å². The molecule has 0 spiro atoms. The number of aryl methyl sites for hydroxylation is 3. The van der Waals surface area contributed by atoms with Crippen molar-refractivity contribution in [3.05, 3.63) is 63.5 Å². The monoisotopic (exact) mass is 297 g/mol. The molecule has 0 atom stereocenters.